The molecule has 0 amide bonds. The Balaban J connectivity index is 1.82. The van der Waals surface area contributed by atoms with Crippen LogP contribution in [0.5, 0.6) is 0 Å². The van der Waals surface area contributed by atoms with Crippen molar-refractivity contribution in [2.45, 2.75) is 56.1 Å². The Kier molecular flexibility index (Phi) is 5.38. The highest BCUT2D eigenvalue weighted by Crippen LogP contribution is 2.30. The number of aryl methyl sites for hydroxylation is 1. The minimum absolute atomic E-state index is 0.101. The Labute approximate surface area is 158 Å². The summed E-state index contributed by atoms with van der Waals surface area (Å²) in [4.78, 5) is 0.101. The summed E-state index contributed by atoms with van der Waals surface area (Å²) < 4.78 is 55.2. The number of benzene rings is 2. The standard InChI is InChI=1S/C20H23F2NO3S/c1-13-11-16(4-6-17(13)18-5-3-14(21)12-19(18)22)27(25,26)23-15-7-9-20(2,24)10-8-15/h3-6,11-12,15,23-24H,7-10H2,1-2H3/t15-,20-. The first-order valence-corrected chi connectivity index (χ1v) is 10.4. The van der Waals surface area contributed by atoms with E-state index in [1.54, 1.807) is 13.8 Å². The molecule has 2 aromatic rings. The molecule has 1 saturated carbocycles. The molecule has 3 rings (SSSR count). The number of sulfonamides is 1. The van der Waals surface area contributed by atoms with Crippen molar-refractivity contribution in [3.05, 3.63) is 53.6 Å². The summed E-state index contributed by atoms with van der Waals surface area (Å²) >= 11 is 0. The average molecular weight is 395 g/mol. The highest BCUT2D eigenvalue weighted by atomic mass is 32.2. The predicted molar refractivity (Wildman–Crippen MR) is 99.7 cm³/mol. The van der Waals surface area contributed by atoms with Crippen molar-refractivity contribution in [3.63, 3.8) is 0 Å². The summed E-state index contributed by atoms with van der Waals surface area (Å²) in [7, 11) is -3.72. The lowest BCUT2D eigenvalue weighted by molar-refractivity contribution is 0.0163. The third-order valence-electron chi connectivity index (χ3n) is 5.11. The normalized spacial score (nSPS) is 23.4. The van der Waals surface area contributed by atoms with Gasteiger partial charge in [0.25, 0.3) is 0 Å². The second-order valence-electron chi connectivity index (χ2n) is 7.49. The molecule has 0 atom stereocenters. The molecule has 1 fully saturated rings. The third kappa shape index (κ3) is 4.54. The smallest absolute Gasteiger partial charge is 0.240 e. The minimum Gasteiger partial charge on any atom is -0.390 e. The first kappa shape index (κ1) is 19.9. The summed E-state index contributed by atoms with van der Waals surface area (Å²) in [6, 6.07) is 7.54. The third-order valence-corrected chi connectivity index (χ3v) is 6.63. The summed E-state index contributed by atoms with van der Waals surface area (Å²) in [5, 5.41) is 9.99. The molecule has 0 aliphatic heterocycles. The van der Waals surface area contributed by atoms with E-state index in [9.17, 15) is 22.3 Å². The van der Waals surface area contributed by atoms with E-state index in [0.717, 1.165) is 6.07 Å². The number of halogens is 2. The van der Waals surface area contributed by atoms with Crippen molar-refractivity contribution in [1.29, 1.82) is 0 Å². The maximum Gasteiger partial charge on any atom is 0.240 e. The van der Waals surface area contributed by atoms with Crippen LogP contribution in [-0.2, 0) is 10.0 Å². The molecule has 0 aromatic heterocycles. The summed E-state index contributed by atoms with van der Waals surface area (Å²) in [6.07, 6.45) is 2.23. The van der Waals surface area contributed by atoms with Crippen molar-refractivity contribution in [1.82, 2.24) is 4.72 Å². The van der Waals surface area contributed by atoms with E-state index in [-0.39, 0.29) is 16.5 Å². The summed E-state index contributed by atoms with van der Waals surface area (Å²) in [5.41, 5.74) is 0.579. The van der Waals surface area contributed by atoms with Crippen LogP contribution in [0.15, 0.2) is 41.3 Å². The molecule has 1 aliphatic carbocycles. The van der Waals surface area contributed by atoms with Crippen molar-refractivity contribution in [2.24, 2.45) is 0 Å². The molecule has 0 saturated heterocycles. The lowest BCUT2D eigenvalue weighted by atomic mass is 9.84. The quantitative estimate of drug-likeness (QED) is 0.825. The van der Waals surface area contributed by atoms with Gasteiger partial charge in [0, 0.05) is 17.7 Å². The lowest BCUT2D eigenvalue weighted by Gasteiger charge is -2.33. The van der Waals surface area contributed by atoms with E-state index < -0.39 is 27.3 Å². The fraction of sp³-hybridized carbons (Fsp3) is 0.400. The van der Waals surface area contributed by atoms with Gasteiger partial charge in [0.1, 0.15) is 11.6 Å². The fourth-order valence-electron chi connectivity index (χ4n) is 3.46. The molecule has 4 nitrogen and oxygen atoms in total. The highest BCUT2D eigenvalue weighted by molar-refractivity contribution is 7.89. The Morgan fingerprint density at radius 3 is 2.30 bits per heavy atom. The molecule has 0 bridgehead atoms. The van der Waals surface area contributed by atoms with Crippen LogP contribution in [0.25, 0.3) is 11.1 Å². The first-order valence-electron chi connectivity index (χ1n) is 8.88. The van der Waals surface area contributed by atoms with Crippen molar-refractivity contribution >= 4 is 10.0 Å². The molecular formula is C20H23F2NO3S. The molecule has 0 unspecified atom stereocenters. The molecular weight excluding hydrogens is 372 g/mol. The van der Waals surface area contributed by atoms with Gasteiger partial charge in [0.15, 0.2) is 0 Å². The number of nitrogens with one attached hydrogen (secondary N) is 1. The molecule has 7 heteroatoms. The molecule has 2 aromatic carbocycles. The predicted octanol–water partition coefficient (Wildman–Crippen LogP) is 3.91. The number of rotatable bonds is 4. The maximum absolute atomic E-state index is 14.0. The molecule has 1 aliphatic rings. The van der Waals surface area contributed by atoms with Gasteiger partial charge in [-0.2, -0.15) is 0 Å². The number of hydrogen-bond acceptors (Lipinski definition) is 3. The van der Waals surface area contributed by atoms with Crippen LogP contribution >= 0.6 is 0 Å². The van der Waals surface area contributed by atoms with E-state index in [4.69, 9.17) is 0 Å². The zero-order valence-electron chi connectivity index (χ0n) is 15.3. The van der Waals surface area contributed by atoms with E-state index in [2.05, 4.69) is 4.72 Å². The zero-order valence-corrected chi connectivity index (χ0v) is 16.1. The van der Waals surface area contributed by atoms with E-state index in [1.807, 2.05) is 0 Å². The molecule has 0 heterocycles. The minimum atomic E-state index is -3.72. The highest BCUT2D eigenvalue weighted by Gasteiger charge is 2.31. The van der Waals surface area contributed by atoms with Gasteiger partial charge in [-0.25, -0.2) is 21.9 Å². The van der Waals surface area contributed by atoms with Gasteiger partial charge >= 0.3 is 0 Å². The monoisotopic (exact) mass is 395 g/mol. The van der Waals surface area contributed by atoms with Crippen molar-refractivity contribution in [3.8, 4) is 11.1 Å². The van der Waals surface area contributed by atoms with Crippen LogP contribution < -0.4 is 4.72 Å². The van der Waals surface area contributed by atoms with Crippen molar-refractivity contribution in [2.75, 3.05) is 0 Å². The molecule has 146 valence electrons. The Bertz CT molecular complexity index is 948. The summed E-state index contributed by atoms with van der Waals surface area (Å²) in [5.74, 6) is -1.36. The van der Waals surface area contributed by atoms with E-state index >= 15 is 0 Å². The second-order valence-corrected chi connectivity index (χ2v) is 9.21. The van der Waals surface area contributed by atoms with Crippen LogP contribution in [0.1, 0.15) is 38.2 Å². The average Bonchev–Trinajstić information content (AvgIpc) is 2.57. The first-order chi connectivity index (χ1) is 12.6. The molecule has 2 N–H and O–H groups in total. The Hall–Kier alpha value is -1.83. The van der Waals surface area contributed by atoms with Crippen LogP contribution in [0.3, 0.4) is 0 Å². The van der Waals surface area contributed by atoms with Crippen LogP contribution in [0.2, 0.25) is 0 Å². The van der Waals surface area contributed by atoms with Crippen LogP contribution in [-0.4, -0.2) is 25.2 Å². The molecule has 27 heavy (non-hydrogen) atoms. The largest absolute Gasteiger partial charge is 0.390 e. The Morgan fingerprint density at radius 2 is 1.70 bits per heavy atom. The van der Waals surface area contributed by atoms with Gasteiger partial charge in [-0.3, -0.25) is 0 Å². The van der Waals surface area contributed by atoms with Gasteiger partial charge in [0.05, 0.1) is 10.5 Å². The number of hydrogen-bond donors (Lipinski definition) is 2. The van der Waals surface area contributed by atoms with Crippen molar-refractivity contribution < 1.29 is 22.3 Å². The lowest BCUT2D eigenvalue weighted by Crippen LogP contribution is -2.42. The summed E-state index contributed by atoms with van der Waals surface area (Å²) in [6.45, 7) is 3.45. The van der Waals surface area contributed by atoms with Gasteiger partial charge in [-0.05, 0) is 74.9 Å². The van der Waals surface area contributed by atoms with Crippen LogP contribution in [0.4, 0.5) is 8.78 Å². The van der Waals surface area contributed by atoms with Gasteiger partial charge in [-0.1, -0.05) is 6.07 Å². The SMILES string of the molecule is Cc1cc(S(=O)(=O)N[C@H]2CC[C@](C)(O)CC2)ccc1-c1ccc(F)cc1F. The van der Waals surface area contributed by atoms with E-state index in [0.29, 0.717) is 36.8 Å². The maximum atomic E-state index is 14.0. The molecule has 0 radical (unpaired) electrons. The molecule has 0 spiro atoms. The zero-order chi connectivity index (χ0) is 19.8. The van der Waals surface area contributed by atoms with Gasteiger partial charge < -0.3 is 5.11 Å². The second kappa shape index (κ2) is 7.30. The topological polar surface area (TPSA) is 66.4 Å². The number of aliphatic hydroxyl groups is 1. The van der Waals surface area contributed by atoms with Gasteiger partial charge in [-0.15, -0.1) is 0 Å². The van der Waals surface area contributed by atoms with E-state index in [1.165, 1.54) is 30.3 Å². The van der Waals surface area contributed by atoms with Crippen LogP contribution in [0, 0.1) is 18.6 Å². The van der Waals surface area contributed by atoms with Gasteiger partial charge in [0.2, 0.25) is 10.0 Å². The Morgan fingerprint density at radius 1 is 1.07 bits per heavy atom. The fourth-order valence-corrected chi connectivity index (χ4v) is 4.85.